The number of rotatable bonds is 6. The largest absolute Gasteiger partial charge is 0.353 e. The molecule has 0 spiro atoms. The second kappa shape index (κ2) is 7.96. The third-order valence-corrected chi connectivity index (χ3v) is 4.83. The van der Waals surface area contributed by atoms with Gasteiger partial charge >= 0.3 is 0 Å². The number of halogens is 1. The summed E-state index contributed by atoms with van der Waals surface area (Å²) in [6.45, 7) is 4.32. The average molecular weight is 299 g/mol. The Hall–Kier alpha value is -0.330. The number of carbonyl (C=O) groups excluding carboxylic acids is 1. The van der Waals surface area contributed by atoms with Gasteiger partial charge in [0.25, 0.3) is 0 Å². The maximum Gasteiger partial charge on any atom is 0.221 e. The molecule has 0 radical (unpaired) electrons. The first kappa shape index (κ1) is 17.7. The highest BCUT2D eigenvalue weighted by atomic mass is 35.5. The number of amides is 1. The molecule has 1 rings (SSSR count). The zero-order valence-electron chi connectivity index (χ0n) is 10.9. The Kier molecular flexibility index (Phi) is 7.82. The van der Waals surface area contributed by atoms with E-state index >= 15 is 0 Å². The smallest absolute Gasteiger partial charge is 0.221 e. The standard InChI is InChI=1S/C11H22N2O3S.ClH/c1-3-17(15,16)8-9(2)13-11(14)7-10-5-4-6-12-10;/h9-10,12H,3-8H2,1-2H3,(H,13,14);1H. The lowest BCUT2D eigenvalue weighted by Crippen LogP contribution is -2.40. The molecular formula is C11H23ClN2O3S. The fourth-order valence-corrected chi connectivity index (χ4v) is 3.11. The molecule has 1 aliphatic rings. The van der Waals surface area contributed by atoms with Gasteiger partial charge in [0.15, 0.2) is 9.84 Å². The molecule has 0 aromatic rings. The summed E-state index contributed by atoms with van der Waals surface area (Å²) in [6.07, 6.45) is 2.57. The first-order valence-corrected chi connectivity index (χ1v) is 7.98. The van der Waals surface area contributed by atoms with Gasteiger partial charge < -0.3 is 10.6 Å². The van der Waals surface area contributed by atoms with Gasteiger partial charge in [0.1, 0.15) is 0 Å². The summed E-state index contributed by atoms with van der Waals surface area (Å²) in [4.78, 5) is 11.6. The quantitative estimate of drug-likeness (QED) is 0.748. The van der Waals surface area contributed by atoms with Crippen LogP contribution in [0.25, 0.3) is 0 Å². The van der Waals surface area contributed by atoms with Gasteiger partial charge in [0.2, 0.25) is 5.91 Å². The molecule has 1 saturated heterocycles. The number of hydrogen-bond donors (Lipinski definition) is 2. The fourth-order valence-electron chi connectivity index (χ4n) is 2.03. The highest BCUT2D eigenvalue weighted by molar-refractivity contribution is 7.91. The summed E-state index contributed by atoms with van der Waals surface area (Å²) in [6, 6.07) is -0.0566. The van der Waals surface area contributed by atoms with E-state index in [1.165, 1.54) is 0 Å². The van der Waals surface area contributed by atoms with E-state index < -0.39 is 9.84 Å². The molecule has 2 N–H and O–H groups in total. The molecule has 1 heterocycles. The number of nitrogens with one attached hydrogen (secondary N) is 2. The minimum Gasteiger partial charge on any atom is -0.353 e. The third kappa shape index (κ3) is 6.56. The van der Waals surface area contributed by atoms with Gasteiger partial charge in [-0.15, -0.1) is 12.4 Å². The van der Waals surface area contributed by atoms with Crippen LogP contribution in [0.4, 0.5) is 0 Å². The van der Waals surface area contributed by atoms with E-state index in [0.717, 1.165) is 19.4 Å². The maximum atomic E-state index is 11.6. The molecule has 2 unspecified atom stereocenters. The van der Waals surface area contributed by atoms with Crippen LogP contribution >= 0.6 is 12.4 Å². The number of hydrogen-bond acceptors (Lipinski definition) is 4. The zero-order chi connectivity index (χ0) is 12.9. The summed E-state index contributed by atoms with van der Waals surface area (Å²) in [5, 5.41) is 5.98. The summed E-state index contributed by atoms with van der Waals surface area (Å²) in [5.41, 5.74) is 0. The number of carbonyl (C=O) groups is 1. The highest BCUT2D eigenvalue weighted by Gasteiger charge is 2.20. The maximum absolute atomic E-state index is 11.6. The first-order valence-electron chi connectivity index (χ1n) is 6.16. The van der Waals surface area contributed by atoms with Gasteiger partial charge in [0, 0.05) is 24.3 Å². The van der Waals surface area contributed by atoms with Crippen molar-refractivity contribution in [3.05, 3.63) is 0 Å². The summed E-state index contributed by atoms with van der Waals surface area (Å²) < 4.78 is 22.7. The minimum atomic E-state index is -3.02. The molecule has 5 nitrogen and oxygen atoms in total. The average Bonchev–Trinajstić information content (AvgIpc) is 2.69. The van der Waals surface area contributed by atoms with Gasteiger partial charge in [-0.3, -0.25) is 4.79 Å². The van der Waals surface area contributed by atoms with E-state index in [9.17, 15) is 13.2 Å². The van der Waals surface area contributed by atoms with Crippen molar-refractivity contribution in [3.63, 3.8) is 0 Å². The van der Waals surface area contributed by atoms with Crippen LogP contribution < -0.4 is 10.6 Å². The molecule has 18 heavy (non-hydrogen) atoms. The Labute approximate surface area is 115 Å². The van der Waals surface area contributed by atoms with E-state index in [-0.39, 0.29) is 41.9 Å². The fraction of sp³-hybridized carbons (Fsp3) is 0.909. The predicted octanol–water partition coefficient (Wildman–Crippen LogP) is 0.490. The van der Waals surface area contributed by atoms with Crippen molar-refractivity contribution >= 4 is 28.2 Å². The lowest BCUT2D eigenvalue weighted by molar-refractivity contribution is -0.121. The predicted molar refractivity (Wildman–Crippen MR) is 74.8 cm³/mol. The molecule has 7 heteroatoms. The monoisotopic (exact) mass is 298 g/mol. The second-order valence-corrected chi connectivity index (χ2v) is 7.06. The van der Waals surface area contributed by atoms with Gasteiger partial charge in [-0.05, 0) is 26.3 Å². The van der Waals surface area contributed by atoms with Gasteiger partial charge in [0.05, 0.1) is 5.75 Å². The first-order chi connectivity index (χ1) is 7.93. The van der Waals surface area contributed by atoms with E-state index in [1.807, 2.05) is 0 Å². The van der Waals surface area contributed by atoms with Crippen molar-refractivity contribution in [1.82, 2.24) is 10.6 Å². The van der Waals surface area contributed by atoms with Crippen LogP contribution in [-0.2, 0) is 14.6 Å². The molecule has 1 aliphatic heterocycles. The van der Waals surface area contributed by atoms with Crippen LogP contribution in [0.5, 0.6) is 0 Å². The summed E-state index contributed by atoms with van der Waals surface area (Å²) >= 11 is 0. The molecular weight excluding hydrogens is 276 g/mol. The molecule has 108 valence electrons. The molecule has 0 aliphatic carbocycles. The Balaban J connectivity index is 0.00000289. The van der Waals surface area contributed by atoms with E-state index in [0.29, 0.717) is 6.42 Å². The molecule has 2 atom stereocenters. The third-order valence-electron chi connectivity index (χ3n) is 2.95. The van der Waals surface area contributed by atoms with E-state index in [4.69, 9.17) is 0 Å². The van der Waals surface area contributed by atoms with Gasteiger partial charge in [-0.25, -0.2) is 8.42 Å². The Bertz CT molecular complexity index is 353. The van der Waals surface area contributed by atoms with Crippen LogP contribution in [0.3, 0.4) is 0 Å². The van der Waals surface area contributed by atoms with Crippen LogP contribution in [-0.4, -0.2) is 44.5 Å². The molecule has 0 saturated carbocycles. The Morgan fingerprint density at radius 2 is 2.17 bits per heavy atom. The number of sulfone groups is 1. The van der Waals surface area contributed by atoms with Gasteiger partial charge in [-0.1, -0.05) is 6.92 Å². The van der Waals surface area contributed by atoms with Crippen molar-refractivity contribution in [2.45, 2.75) is 45.2 Å². The lowest BCUT2D eigenvalue weighted by atomic mass is 10.1. The molecule has 0 bridgehead atoms. The zero-order valence-corrected chi connectivity index (χ0v) is 12.6. The second-order valence-electron chi connectivity index (χ2n) is 4.66. The van der Waals surface area contributed by atoms with Crippen molar-refractivity contribution in [3.8, 4) is 0 Å². The summed E-state index contributed by atoms with van der Waals surface area (Å²) in [5.74, 6) is 0.0771. The van der Waals surface area contributed by atoms with Crippen molar-refractivity contribution in [2.75, 3.05) is 18.1 Å². The Morgan fingerprint density at radius 3 is 2.67 bits per heavy atom. The topological polar surface area (TPSA) is 75.3 Å². The van der Waals surface area contributed by atoms with Crippen LogP contribution in [0, 0.1) is 0 Å². The van der Waals surface area contributed by atoms with E-state index in [2.05, 4.69) is 10.6 Å². The molecule has 1 amide bonds. The van der Waals surface area contributed by atoms with E-state index in [1.54, 1.807) is 13.8 Å². The Morgan fingerprint density at radius 1 is 1.50 bits per heavy atom. The van der Waals surface area contributed by atoms with Crippen LogP contribution in [0.15, 0.2) is 0 Å². The highest BCUT2D eigenvalue weighted by Crippen LogP contribution is 2.08. The molecule has 0 aromatic heterocycles. The van der Waals surface area contributed by atoms with Gasteiger partial charge in [-0.2, -0.15) is 0 Å². The molecule has 1 fully saturated rings. The van der Waals surface area contributed by atoms with Crippen LogP contribution in [0.2, 0.25) is 0 Å². The van der Waals surface area contributed by atoms with Crippen molar-refractivity contribution in [1.29, 1.82) is 0 Å². The lowest BCUT2D eigenvalue weighted by Gasteiger charge is -2.15. The molecule has 0 aromatic carbocycles. The summed E-state index contributed by atoms with van der Waals surface area (Å²) in [7, 11) is -3.02. The minimum absolute atomic E-state index is 0. The SMILES string of the molecule is CCS(=O)(=O)CC(C)NC(=O)CC1CCCN1.Cl. The normalized spacial score (nSPS) is 21.1. The van der Waals surface area contributed by atoms with Crippen molar-refractivity contribution in [2.24, 2.45) is 0 Å². The van der Waals surface area contributed by atoms with Crippen LogP contribution in [0.1, 0.15) is 33.1 Å². The van der Waals surface area contributed by atoms with Crippen molar-refractivity contribution < 1.29 is 13.2 Å².